The van der Waals surface area contributed by atoms with Gasteiger partial charge in [-0.3, -0.25) is 4.98 Å². The minimum absolute atomic E-state index is 0.107. The van der Waals surface area contributed by atoms with E-state index in [1.807, 2.05) is 6.20 Å². The van der Waals surface area contributed by atoms with Crippen LogP contribution in [0.4, 0.5) is 0 Å². The highest BCUT2D eigenvalue weighted by Crippen LogP contribution is 2.48. The summed E-state index contributed by atoms with van der Waals surface area (Å²) in [5.41, 5.74) is 7.70. The minimum atomic E-state index is -0.288. The van der Waals surface area contributed by atoms with Crippen molar-refractivity contribution in [2.75, 3.05) is 6.61 Å². The van der Waals surface area contributed by atoms with Gasteiger partial charge in [-0.1, -0.05) is 33.6 Å². The van der Waals surface area contributed by atoms with Gasteiger partial charge in [-0.15, -0.1) is 0 Å². The van der Waals surface area contributed by atoms with Gasteiger partial charge < -0.3 is 10.5 Å². The number of pyridine rings is 1. The molecule has 106 valence electrons. The van der Waals surface area contributed by atoms with E-state index in [4.69, 9.17) is 10.5 Å². The van der Waals surface area contributed by atoms with Crippen LogP contribution in [0.25, 0.3) is 0 Å². The van der Waals surface area contributed by atoms with Crippen LogP contribution in [0, 0.1) is 5.41 Å². The monoisotopic (exact) mass is 262 g/mol. The van der Waals surface area contributed by atoms with E-state index in [2.05, 4.69) is 31.8 Å². The van der Waals surface area contributed by atoms with Crippen LogP contribution < -0.4 is 10.5 Å². The zero-order valence-corrected chi connectivity index (χ0v) is 12.4. The van der Waals surface area contributed by atoms with Crippen LogP contribution in [-0.2, 0) is 5.54 Å². The summed E-state index contributed by atoms with van der Waals surface area (Å²) in [5.74, 6) is 0.838. The fourth-order valence-corrected chi connectivity index (χ4v) is 3.03. The number of nitrogens with zero attached hydrogens (tertiary/aromatic N) is 1. The Hall–Kier alpha value is -1.09. The van der Waals surface area contributed by atoms with Gasteiger partial charge >= 0.3 is 0 Å². The van der Waals surface area contributed by atoms with Crippen LogP contribution in [0.1, 0.15) is 58.4 Å². The van der Waals surface area contributed by atoms with E-state index >= 15 is 0 Å². The van der Waals surface area contributed by atoms with Gasteiger partial charge in [0.1, 0.15) is 5.75 Å². The number of hydrogen-bond donors (Lipinski definition) is 1. The Morgan fingerprint density at radius 1 is 1.26 bits per heavy atom. The first-order valence-corrected chi connectivity index (χ1v) is 7.37. The van der Waals surface area contributed by atoms with Gasteiger partial charge in [0.05, 0.1) is 12.8 Å². The second kappa shape index (κ2) is 5.49. The van der Waals surface area contributed by atoms with Crippen LogP contribution in [0.2, 0.25) is 0 Å². The van der Waals surface area contributed by atoms with Crippen molar-refractivity contribution < 1.29 is 4.74 Å². The number of nitrogens with two attached hydrogens (primary N) is 1. The van der Waals surface area contributed by atoms with Gasteiger partial charge in [-0.25, -0.2) is 0 Å². The molecule has 1 fully saturated rings. The normalized spacial score (nSPS) is 26.1. The highest BCUT2D eigenvalue weighted by molar-refractivity contribution is 5.31. The van der Waals surface area contributed by atoms with E-state index in [0.29, 0.717) is 0 Å². The highest BCUT2D eigenvalue weighted by atomic mass is 16.5. The first kappa shape index (κ1) is 14.3. The molecule has 3 heteroatoms. The van der Waals surface area contributed by atoms with Crippen molar-refractivity contribution in [1.29, 1.82) is 0 Å². The van der Waals surface area contributed by atoms with Crippen LogP contribution in [0.5, 0.6) is 5.75 Å². The van der Waals surface area contributed by atoms with E-state index in [1.54, 1.807) is 6.20 Å². The molecule has 1 atom stereocenters. The van der Waals surface area contributed by atoms with Crippen molar-refractivity contribution in [3.05, 3.63) is 24.0 Å². The molecule has 0 aromatic carbocycles. The van der Waals surface area contributed by atoms with Crippen LogP contribution in [0.3, 0.4) is 0 Å². The third-order valence-electron chi connectivity index (χ3n) is 4.53. The Labute approximate surface area is 116 Å². The lowest BCUT2D eigenvalue weighted by atomic mass is 9.61. The third-order valence-corrected chi connectivity index (χ3v) is 4.53. The van der Waals surface area contributed by atoms with E-state index in [0.717, 1.165) is 30.8 Å². The lowest BCUT2D eigenvalue weighted by Crippen LogP contribution is -2.51. The summed E-state index contributed by atoms with van der Waals surface area (Å²) in [6.07, 6.45) is 9.35. The number of hydrogen-bond acceptors (Lipinski definition) is 3. The lowest BCUT2D eigenvalue weighted by Gasteiger charge is -2.48. The quantitative estimate of drug-likeness (QED) is 0.901. The number of ether oxygens (including phenoxy) is 1. The maximum atomic E-state index is 6.76. The Bertz CT molecular complexity index is 431. The molecular weight excluding hydrogens is 236 g/mol. The largest absolute Gasteiger partial charge is 0.492 e. The van der Waals surface area contributed by atoms with Crippen LogP contribution in [-0.4, -0.2) is 11.6 Å². The molecule has 1 unspecified atom stereocenters. The molecule has 2 N–H and O–H groups in total. The average molecular weight is 262 g/mol. The summed E-state index contributed by atoms with van der Waals surface area (Å²) < 4.78 is 5.68. The Kier molecular flexibility index (Phi) is 4.14. The van der Waals surface area contributed by atoms with Crippen molar-refractivity contribution >= 4 is 0 Å². The molecular formula is C16H26N2O. The molecule has 0 aliphatic heterocycles. The van der Waals surface area contributed by atoms with Crippen molar-refractivity contribution in [2.24, 2.45) is 11.1 Å². The molecule has 1 aliphatic rings. The predicted molar refractivity (Wildman–Crippen MR) is 78.1 cm³/mol. The molecule has 3 nitrogen and oxygen atoms in total. The van der Waals surface area contributed by atoms with E-state index < -0.39 is 0 Å². The van der Waals surface area contributed by atoms with E-state index in [1.165, 1.54) is 19.3 Å². The molecule has 0 amide bonds. The van der Waals surface area contributed by atoms with Crippen molar-refractivity contribution in [3.63, 3.8) is 0 Å². The average Bonchev–Trinajstić information content (AvgIpc) is 2.40. The van der Waals surface area contributed by atoms with Crippen LogP contribution >= 0.6 is 0 Å². The second-order valence-electron chi connectivity index (χ2n) is 6.32. The first-order valence-electron chi connectivity index (χ1n) is 7.37. The number of aromatic nitrogens is 1. The summed E-state index contributed by atoms with van der Waals surface area (Å²) in [5, 5.41) is 0. The Morgan fingerprint density at radius 2 is 2.00 bits per heavy atom. The van der Waals surface area contributed by atoms with Crippen LogP contribution in [0.15, 0.2) is 18.5 Å². The fourth-order valence-electron chi connectivity index (χ4n) is 3.03. The first-order chi connectivity index (χ1) is 8.99. The lowest BCUT2D eigenvalue weighted by molar-refractivity contribution is 0.0972. The smallest absolute Gasteiger partial charge is 0.137 e. The zero-order chi connectivity index (χ0) is 13.9. The molecule has 19 heavy (non-hydrogen) atoms. The molecule has 2 rings (SSSR count). The third kappa shape index (κ3) is 2.76. The molecule has 0 saturated heterocycles. The van der Waals surface area contributed by atoms with Gasteiger partial charge in [0.15, 0.2) is 0 Å². The maximum absolute atomic E-state index is 6.76. The number of rotatable bonds is 4. The van der Waals surface area contributed by atoms with Crippen molar-refractivity contribution in [1.82, 2.24) is 4.98 Å². The van der Waals surface area contributed by atoms with E-state index in [9.17, 15) is 0 Å². The second-order valence-corrected chi connectivity index (χ2v) is 6.32. The molecule has 1 heterocycles. The Balaban J connectivity index is 2.29. The topological polar surface area (TPSA) is 48.1 Å². The summed E-state index contributed by atoms with van der Waals surface area (Å²) in [6, 6.07) is 2.08. The summed E-state index contributed by atoms with van der Waals surface area (Å²) >= 11 is 0. The van der Waals surface area contributed by atoms with Gasteiger partial charge in [0, 0.05) is 11.7 Å². The highest BCUT2D eigenvalue weighted by Gasteiger charge is 2.45. The van der Waals surface area contributed by atoms with Gasteiger partial charge in [-0.05, 0) is 36.3 Å². The minimum Gasteiger partial charge on any atom is -0.492 e. The predicted octanol–water partition coefficient (Wildman–Crippen LogP) is 3.62. The fraction of sp³-hybridized carbons (Fsp3) is 0.688. The molecule has 1 aromatic rings. The van der Waals surface area contributed by atoms with Crippen molar-refractivity contribution in [2.45, 2.75) is 58.4 Å². The van der Waals surface area contributed by atoms with Crippen molar-refractivity contribution in [3.8, 4) is 5.75 Å². The summed E-state index contributed by atoms with van der Waals surface area (Å²) in [6.45, 7) is 7.37. The molecule has 0 bridgehead atoms. The molecule has 1 aromatic heterocycles. The standard InChI is InChI=1S/C16H26N2O/c1-4-9-19-14-10-13(11-18-12-14)16(17)8-6-5-7-15(16,2)3/h10-12H,4-9,17H2,1-3H3. The zero-order valence-electron chi connectivity index (χ0n) is 12.4. The van der Waals surface area contributed by atoms with E-state index in [-0.39, 0.29) is 11.0 Å². The molecule has 1 aliphatic carbocycles. The molecule has 0 radical (unpaired) electrons. The summed E-state index contributed by atoms with van der Waals surface area (Å²) in [4.78, 5) is 4.32. The Morgan fingerprint density at radius 3 is 2.68 bits per heavy atom. The molecule has 1 saturated carbocycles. The maximum Gasteiger partial charge on any atom is 0.137 e. The molecule has 0 spiro atoms. The van der Waals surface area contributed by atoms with Gasteiger partial charge in [-0.2, -0.15) is 0 Å². The SMILES string of the molecule is CCCOc1cncc(C2(N)CCCCC2(C)C)c1. The summed E-state index contributed by atoms with van der Waals surface area (Å²) in [7, 11) is 0. The van der Waals surface area contributed by atoms with Gasteiger partial charge in [0.25, 0.3) is 0 Å². The van der Waals surface area contributed by atoms with Gasteiger partial charge in [0.2, 0.25) is 0 Å².